The third-order valence-electron chi connectivity index (χ3n) is 6.29. The second-order valence-electron chi connectivity index (χ2n) is 10.2. The summed E-state index contributed by atoms with van der Waals surface area (Å²) < 4.78 is 45.8. The highest BCUT2D eigenvalue weighted by atomic mass is 32.2. The minimum atomic E-state index is -4.00. The Morgan fingerprint density at radius 1 is 1.05 bits per heavy atom. The summed E-state index contributed by atoms with van der Waals surface area (Å²) in [5.41, 5.74) is 2.22. The number of sulfonamides is 1. The topological polar surface area (TPSA) is 94.2 Å². The molecule has 0 aromatic heterocycles. The first-order valence-corrected chi connectivity index (χ1v) is 13.9. The van der Waals surface area contributed by atoms with E-state index in [-0.39, 0.29) is 30.0 Å². The molecule has 0 saturated carbocycles. The average Bonchev–Trinajstić information content (AvgIpc) is 2.89. The summed E-state index contributed by atoms with van der Waals surface area (Å²) in [5, 5.41) is 2.80. The van der Waals surface area contributed by atoms with Gasteiger partial charge in [-0.1, -0.05) is 39.0 Å². The van der Waals surface area contributed by atoms with Crippen LogP contribution in [-0.4, -0.2) is 47.2 Å². The van der Waals surface area contributed by atoms with E-state index >= 15 is 0 Å². The maximum absolute atomic E-state index is 13.8. The van der Waals surface area contributed by atoms with Crippen molar-refractivity contribution in [2.45, 2.75) is 44.1 Å². The molecule has 202 valence electrons. The van der Waals surface area contributed by atoms with Gasteiger partial charge in [0.1, 0.15) is 23.9 Å². The molecule has 1 aliphatic heterocycles. The number of benzene rings is 3. The number of nitrogens with one attached hydrogen (secondary N) is 1. The standard InChI is InChI=1S/C29H34N2O6S/c1-20-7-6-8-23(17-20)36-16-15-30-28(32)27-19-31(38(33,34)24-12-10-22(35-5)11-13-24)25-18-21(29(2,3)4)9-14-26(25)37-27/h6-14,17-18,27H,15-16,19H2,1-5H3,(H,30,32)/t27-/m0/s1. The molecule has 1 heterocycles. The summed E-state index contributed by atoms with van der Waals surface area (Å²) in [6.45, 7) is 8.47. The van der Waals surface area contributed by atoms with Crippen molar-refractivity contribution in [1.29, 1.82) is 0 Å². The molecular formula is C29H34N2O6S. The number of aryl methyl sites for hydroxylation is 1. The molecule has 1 atom stereocenters. The molecule has 9 heteroatoms. The predicted octanol–water partition coefficient (Wildman–Crippen LogP) is 4.45. The smallest absolute Gasteiger partial charge is 0.264 e. The van der Waals surface area contributed by atoms with Gasteiger partial charge in [-0.25, -0.2) is 8.42 Å². The zero-order chi connectivity index (χ0) is 27.5. The van der Waals surface area contributed by atoms with E-state index in [1.165, 1.54) is 23.5 Å². The summed E-state index contributed by atoms with van der Waals surface area (Å²) in [5.74, 6) is 1.18. The molecule has 38 heavy (non-hydrogen) atoms. The molecule has 3 aromatic carbocycles. The van der Waals surface area contributed by atoms with Crippen molar-refractivity contribution < 1.29 is 27.4 Å². The fourth-order valence-corrected chi connectivity index (χ4v) is 5.59. The van der Waals surface area contributed by atoms with Gasteiger partial charge in [0, 0.05) is 0 Å². The van der Waals surface area contributed by atoms with E-state index in [9.17, 15) is 13.2 Å². The van der Waals surface area contributed by atoms with Crippen LogP contribution in [0.3, 0.4) is 0 Å². The first-order chi connectivity index (χ1) is 18.0. The van der Waals surface area contributed by atoms with E-state index < -0.39 is 22.0 Å². The molecule has 0 aliphatic carbocycles. The number of fused-ring (bicyclic) bond motifs is 1. The fourth-order valence-electron chi connectivity index (χ4n) is 4.12. The third-order valence-corrected chi connectivity index (χ3v) is 8.09. The molecule has 3 aromatic rings. The number of anilines is 1. The Balaban J connectivity index is 1.56. The van der Waals surface area contributed by atoms with Gasteiger partial charge in [0.25, 0.3) is 15.9 Å². The van der Waals surface area contributed by atoms with E-state index in [2.05, 4.69) is 26.1 Å². The number of nitrogens with zero attached hydrogens (tertiary/aromatic N) is 1. The van der Waals surface area contributed by atoms with Gasteiger partial charge >= 0.3 is 0 Å². The summed E-state index contributed by atoms with van der Waals surface area (Å²) in [7, 11) is -2.48. The summed E-state index contributed by atoms with van der Waals surface area (Å²) in [6, 6.07) is 19.3. The van der Waals surface area contributed by atoms with Crippen LogP contribution in [0.2, 0.25) is 0 Å². The molecule has 1 N–H and O–H groups in total. The SMILES string of the molecule is COc1ccc(S(=O)(=O)N2C[C@@H](C(=O)NCCOc3cccc(C)c3)Oc3ccc(C(C)(C)C)cc32)cc1. The van der Waals surface area contributed by atoms with Crippen molar-refractivity contribution in [3.63, 3.8) is 0 Å². The van der Waals surface area contributed by atoms with Crippen LogP contribution < -0.4 is 23.8 Å². The van der Waals surface area contributed by atoms with Crippen LogP contribution in [-0.2, 0) is 20.2 Å². The van der Waals surface area contributed by atoms with Crippen LogP contribution in [0.15, 0.2) is 71.6 Å². The lowest BCUT2D eigenvalue weighted by atomic mass is 9.86. The Labute approximate surface area is 224 Å². The molecule has 0 spiro atoms. The van der Waals surface area contributed by atoms with Gasteiger partial charge in [-0.05, 0) is 72.0 Å². The van der Waals surface area contributed by atoms with E-state index in [0.717, 1.165) is 11.1 Å². The van der Waals surface area contributed by atoms with Crippen LogP contribution in [0.5, 0.6) is 17.2 Å². The van der Waals surface area contributed by atoms with Gasteiger partial charge in [0.2, 0.25) is 0 Å². The van der Waals surface area contributed by atoms with Crippen LogP contribution >= 0.6 is 0 Å². The van der Waals surface area contributed by atoms with E-state index in [1.807, 2.05) is 43.3 Å². The monoisotopic (exact) mass is 538 g/mol. The first-order valence-electron chi connectivity index (χ1n) is 12.4. The normalized spacial score (nSPS) is 15.3. The quantitative estimate of drug-likeness (QED) is 0.426. The summed E-state index contributed by atoms with van der Waals surface area (Å²) in [4.78, 5) is 13.2. The molecule has 0 fully saturated rings. The molecule has 0 unspecified atom stereocenters. The van der Waals surface area contributed by atoms with Crippen molar-refractivity contribution in [3.8, 4) is 17.2 Å². The van der Waals surface area contributed by atoms with Gasteiger partial charge in [0.05, 0.1) is 30.8 Å². The lowest BCUT2D eigenvalue weighted by molar-refractivity contribution is -0.127. The van der Waals surface area contributed by atoms with Crippen molar-refractivity contribution in [3.05, 3.63) is 77.9 Å². The number of hydrogen-bond donors (Lipinski definition) is 1. The third kappa shape index (κ3) is 6.05. The zero-order valence-electron chi connectivity index (χ0n) is 22.4. The lowest BCUT2D eigenvalue weighted by Gasteiger charge is -2.36. The highest BCUT2D eigenvalue weighted by Gasteiger charge is 2.38. The van der Waals surface area contributed by atoms with Crippen LogP contribution in [0.1, 0.15) is 31.9 Å². The van der Waals surface area contributed by atoms with E-state index in [1.54, 1.807) is 18.2 Å². The molecule has 1 aliphatic rings. The second-order valence-corrected chi connectivity index (χ2v) is 12.1. The summed E-state index contributed by atoms with van der Waals surface area (Å²) in [6.07, 6.45) is -1.03. The number of ether oxygens (including phenoxy) is 3. The molecule has 1 amide bonds. The maximum atomic E-state index is 13.8. The zero-order valence-corrected chi connectivity index (χ0v) is 23.2. The predicted molar refractivity (Wildman–Crippen MR) is 147 cm³/mol. The average molecular weight is 539 g/mol. The lowest BCUT2D eigenvalue weighted by Crippen LogP contribution is -2.51. The maximum Gasteiger partial charge on any atom is 0.264 e. The van der Waals surface area contributed by atoms with Gasteiger partial charge in [-0.2, -0.15) is 0 Å². The number of rotatable bonds is 8. The molecular weight excluding hydrogens is 504 g/mol. The number of carbonyl (C=O) groups is 1. The number of methoxy groups -OCH3 is 1. The second kappa shape index (κ2) is 10.9. The highest BCUT2D eigenvalue weighted by Crippen LogP contribution is 2.40. The largest absolute Gasteiger partial charge is 0.497 e. The van der Waals surface area contributed by atoms with Crippen molar-refractivity contribution in [1.82, 2.24) is 5.32 Å². The Bertz CT molecular complexity index is 1400. The molecule has 0 saturated heterocycles. The van der Waals surface area contributed by atoms with E-state index in [4.69, 9.17) is 14.2 Å². The Morgan fingerprint density at radius 2 is 1.79 bits per heavy atom. The number of carbonyl (C=O) groups excluding carboxylic acids is 1. The molecule has 8 nitrogen and oxygen atoms in total. The minimum Gasteiger partial charge on any atom is -0.497 e. The first kappa shape index (κ1) is 27.3. The van der Waals surface area contributed by atoms with Crippen molar-refractivity contribution >= 4 is 21.6 Å². The van der Waals surface area contributed by atoms with Gasteiger partial charge in [-0.3, -0.25) is 9.10 Å². The fraction of sp³-hybridized carbons (Fsp3) is 0.345. The number of amides is 1. The van der Waals surface area contributed by atoms with Gasteiger partial charge in [-0.15, -0.1) is 0 Å². The molecule has 0 bridgehead atoms. The Kier molecular flexibility index (Phi) is 7.87. The molecule has 0 radical (unpaired) electrons. The van der Waals surface area contributed by atoms with E-state index in [0.29, 0.717) is 22.9 Å². The van der Waals surface area contributed by atoms with Crippen LogP contribution in [0.4, 0.5) is 5.69 Å². The van der Waals surface area contributed by atoms with Crippen LogP contribution in [0.25, 0.3) is 0 Å². The molecule has 4 rings (SSSR count). The van der Waals surface area contributed by atoms with Crippen molar-refractivity contribution in [2.75, 3.05) is 31.1 Å². The number of hydrogen-bond acceptors (Lipinski definition) is 6. The highest BCUT2D eigenvalue weighted by molar-refractivity contribution is 7.92. The minimum absolute atomic E-state index is 0.0954. The van der Waals surface area contributed by atoms with Gasteiger partial charge in [0.15, 0.2) is 6.10 Å². The Morgan fingerprint density at radius 3 is 2.45 bits per heavy atom. The summed E-state index contributed by atoms with van der Waals surface area (Å²) >= 11 is 0. The Hall–Kier alpha value is -3.72. The van der Waals surface area contributed by atoms with Crippen molar-refractivity contribution in [2.24, 2.45) is 0 Å². The van der Waals surface area contributed by atoms with Crippen LogP contribution in [0, 0.1) is 6.92 Å². The van der Waals surface area contributed by atoms with Gasteiger partial charge < -0.3 is 19.5 Å².